The molecule has 1 heterocycles. The molecule has 0 amide bonds. The molecule has 0 radical (unpaired) electrons. The van der Waals surface area contributed by atoms with Crippen molar-refractivity contribution in [2.45, 2.75) is 6.10 Å². The Bertz CT molecular complexity index is 520. The molecule has 1 unspecified atom stereocenters. The summed E-state index contributed by atoms with van der Waals surface area (Å²) in [5.41, 5.74) is 1.07. The third-order valence-electron chi connectivity index (χ3n) is 2.15. The normalized spacial score (nSPS) is 12.9. The lowest BCUT2D eigenvalue weighted by Crippen LogP contribution is -2.10. The number of carboxylic acid groups (broad SMARTS) is 1. The van der Waals surface area contributed by atoms with Gasteiger partial charge in [-0.2, -0.15) is 0 Å². The second-order valence-corrected chi connectivity index (χ2v) is 4.02. The number of aromatic amines is 1. The number of aliphatic carboxylic acids is 1. The Morgan fingerprint density at radius 1 is 1.47 bits per heavy atom. The molecule has 1 aromatic heterocycles. The zero-order valence-corrected chi connectivity index (χ0v) is 9.15. The molecule has 5 heteroatoms. The standard InChI is InChI=1S/C10H8BrNO3/c11-6-3-1-2-5-4-7(12-8(5)6)9(13)10(14)15/h1-4,9,12-13H,(H,14,15). The highest BCUT2D eigenvalue weighted by atomic mass is 79.9. The van der Waals surface area contributed by atoms with E-state index < -0.39 is 12.1 Å². The summed E-state index contributed by atoms with van der Waals surface area (Å²) in [5.74, 6) is -1.27. The lowest BCUT2D eigenvalue weighted by molar-refractivity contribution is -0.147. The topological polar surface area (TPSA) is 73.3 Å². The summed E-state index contributed by atoms with van der Waals surface area (Å²) in [6.07, 6.45) is -1.51. The van der Waals surface area contributed by atoms with Crippen molar-refractivity contribution in [3.63, 3.8) is 0 Å². The first-order valence-corrected chi connectivity index (χ1v) is 5.07. The summed E-state index contributed by atoms with van der Waals surface area (Å²) in [7, 11) is 0. The van der Waals surface area contributed by atoms with Gasteiger partial charge in [0.25, 0.3) is 0 Å². The SMILES string of the molecule is O=C(O)C(O)c1cc2cccc(Br)c2[nH]1. The van der Waals surface area contributed by atoms with Crippen molar-refractivity contribution in [3.8, 4) is 0 Å². The number of rotatable bonds is 2. The number of fused-ring (bicyclic) bond motifs is 1. The van der Waals surface area contributed by atoms with Gasteiger partial charge in [-0.3, -0.25) is 0 Å². The van der Waals surface area contributed by atoms with E-state index in [2.05, 4.69) is 20.9 Å². The van der Waals surface area contributed by atoms with Gasteiger partial charge >= 0.3 is 5.97 Å². The molecule has 0 saturated carbocycles. The number of aliphatic hydroxyl groups is 1. The van der Waals surface area contributed by atoms with E-state index in [-0.39, 0.29) is 5.69 Å². The summed E-state index contributed by atoms with van der Waals surface area (Å²) >= 11 is 3.34. The lowest BCUT2D eigenvalue weighted by Gasteiger charge is -2.00. The zero-order valence-electron chi connectivity index (χ0n) is 7.57. The molecule has 0 bridgehead atoms. The van der Waals surface area contributed by atoms with Gasteiger partial charge in [0.2, 0.25) is 0 Å². The number of carbonyl (C=O) groups is 1. The molecule has 0 aliphatic carbocycles. The Kier molecular flexibility index (Phi) is 2.50. The molecule has 1 atom stereocenters. The van der Waals surface area contributed by atoms with Crippen molar-refractivity contribution < 1.29 is 15.0 Å². The first kappa shape index (κ1) is 10.2. The fourth-order valence-electron chi connectivity index (χ4n) is 1.42. The molecule has 0 spiro atoms. The number of aliphatic hydroxyl groups excluding tert-OH is 1. The summed E-state index contributed by atoms with van der Waals surface area (Å²) in [4.78, 5) is 13.4. The van der Waals surface area contributed by atoms with Crippen LogP contribution in [-0.4, -0.2) is 21.2 Å². The number of aromatic nitrogens is 1. The minimum atomic E-state index is -1.51. The number of benzene rings is 1. The molecule has 15 heavy (non-hydrogen) atoms. The highest BCUT2D eigenvalue weighted by Gasteiger charge is 2.18. The molecule has 78 valence electrons. The van der Waals surface area contributed by atoms with Gasteiger partial charge in [-0.15, -0.1) is 0 Å². The predicted octanol–water partition coefficient (Wildman–Crippen LogP) is 2.05. The Morgan fingerprint density at radius 3 is 2.80 bits per heavy atom. The van der Waals surface area contributed by atoms with Gasteiger partial charge in [-0.1, -0.05) is 12.1 Å². The van der Waals surface area contributed by atoms with E-state index in [0.29, 0.717) is 0 Å². The van der Waals surface area contributed by atoms with Gasteiger partial charge in [0.05, 0.1) is 11.2 Å². The van der Waals surface area contributed by atoms with Crippen LogP contribution in [0.3, 0.4) is 0 Å². The van der Waals surface area contributed by atoms with Crippen LogP contribution in [0.1, 0.15) is 11.8 Å². The molecular formula is C10H8BrNO3. The Morgan fingerprint density at radius 2 is 2.20 bits per heavy atom. The molecule has 2 rings (SSSR count). The Hall–Kier alpha value is -1.33. The summed E-state index contributed by atoms with van der Waals surface area (Å²) in [6.45, 7) is 0. The maximum absolute atomic E-state index is 10.6. The summed E-state index contributed by atoms with van der Waals surface area (Å²) in [6, 6.07) is 7.15. The average molecular weight is 270 g/mol. The quantitative estimate of drug-likeness (QED) is 0.781. The molecule has 0 fully saturated rings. The Balaban J connectivity index is 2.56. The Labute approximate surface area is 93.7 Å². The van der Waals surface area contributed by atoms with Crippen molar-refractivity contribution in [1.82, 2.24) is 4.98 Å². The second kappa shape index (κ2) is 3.67. The maximum atomic E-state index is 10.6. The first-order chi connectivity index (χ1) is 7.09. The fourth-order valence-corrected chi connectivity index (χ4v) is 1.90. The van der Waals surface area contributed by atoms with Crippen LogP contribution in [0.15, 0.2) is 28.7 Å². The van der Waals surface area contributed by atoms with Crippen molar-refractivity contribution >= 4 is 32.8 Å². The monoisotopic (exact) mass is 269 g/mol. The predicted molar refractivity (Wildman–Crippen MR) is 58.6 cm³/mol. The fraction of sp³-hybridized carbons (Fsp3) is 0.100. The van der Waals surface area contributed by atoms with Gasteiger partial charge in [0, 0.05) is 9.86 Å². The number of para-hydroxylation sites is 1. The van der Waals surface area contributed by atoms with Crippen LogP contribution in [0.25, 0.3) is 10.9 Å². The highest BCUT2D eigenvalue weighted by molar-refractivity contribution is 9.10. The largest absolute Gasteiger partial charge is 0.479 e. The molecule has 4 nitrogen and oxygen atoms in total. The number of nitrogens with one attached hydrogen (secondary N) is 1. The lowest BCUT2D eigenvalue weighted by atomic mass is 10.2. The summed E-state index contributed by atoms with van der Waals surface area (Å²) in [5, 5.41) is 18.9. The average Bonchev–Trinajstić information content (AvgIpc) is 2.61. The van der Waals surface area contributed by atoms with Crippen LogP contribution in [0.2, 0.25) is 0 Å². The van der Waals surface area contributed by atoms with Crippen molar-refractivity contribution in [2.75, 3.05) is 0 Å². The van der Waals surface area contributed by atoms with Crippen LogP contribution in [0.5, 0.6) is 0 Å². The molecule has 2 aromatic rings. The van der Waals surface area contributed by atoms with Crippen LogP contribution in [-0.2, 0) is 4.79 Å². The third-order valence-corrected chi connectivity index (χ3v) is 2.82. The van der Waals surface area contributed by atoms with Gasteiger partial charge < -0.3 is 15.2 Å². The van der Waals surface area contributed by atoms with Crippen molar-refractivity contribution in [1.29, 1.82) is 0 Å². The molecular weight excluding hydrogens is 262 g/mol. The maximum Gasteiger partial charge on any atom is 0.338 e. The molecule has 1 aromatic carbocycles. The number of carboxylic acids is 1. The van der Waals surface area contributed by atoms with Gasteiger partial charge in [-0.05, 0) is 28.1 Å². The molecule has 0 saturated heterocycles. The van der Waals surface area contributed by atoms with Crippen molar-refractivity contribution in [2.24, 2.45) is 0 Å². The van der Waals surface area contributed by atoms with Crippen LogP contribution >= 0.6 is 15.9 Å². The van der Waals surface area contributed by atoms with Crippen LogP contribution in [0, 0.1) is 0 Å². The van der Waals surface area contributed by atoms with Gasteiger partial charge in [0.1, 0.15) is 0 Å². The van der Waals surface area contributed by atoms with E-state index in [4.69, 9.17) is 5.11 Å². The van der Waals surface area contributed by atoms with E-state index in [1.807, 2.05) is 18.2 Å². The number of hydrogen-bond acceptors (Lipinski definition) is 2. The van der Waals surface area contributed by atoms with Gasteiger partial charge in [-0.25, -0.2) is 4.79 Å². The van der Waals surface area contributed by atoms with E-state index in [0.717, 1.165) is 15.4 Å². The van der Waals surface area contributed by atoms with E-state index in [1.165, 1.54) is 0 Å². The van der Waals surface area contributed by atoms with Gasteiger partial charge in [0.15, 0.2) is 6.10 Å². The van der Waals surface area contributed by atoms with E-state index in [1.54, 1.807) is 6.07 Å². The first-order valence-electron chi connectivity index (χ1n) is 4.27. The van der Waals surface area contributed by atoms with Crippen LogP contribution < -0.4 is 0 Å². The second-order valence-electron chi connectivity index (χ2n) is 3.17. The van der Waals surface area contributed by atoms with Crippen molar-refractivity contribution in [3.05, 3.63) is 34.4 Å². The zero-order chi connectivity index (χ0) is 11.0. The smallest absolute Gasteiger partial charge is 0.338 e. The number of halogens is 1. The molecule has 3 N–H and O–H groups in total. The van der Waals surface area contributed by atoms with Crippen LogP contribution in [0.4, 0.5) is 0 Å². The number of hydrogen-bond donors (Lipinski definition) is 3. The highest BCUT2D eigenvalue weighted by Crippen LogP contribution is 2.26. The number of H-pyrrole nitrogens is 1. The summed E-state index contributed by atoms with van der Waals surface area (Å²) < 4.78 is 0.837. The minimum absolute atomic E-state index is 0.282. The molecule has 0 aliphatic heterocycles. The minimum Gasteiger partial charge on any atom is -0.479 e. The third kappa shape index (κ3) is 1.75. The molecule has 0 aliphatic rings. The van der Waals surface area contributed by atoms with E-state index >= 15 is 0 Å². The van der Waals surface area contributed by atoms with E-state index in [9.17, 15) is 9.90 Å².